The summed E-state index contributed by atoms with van der Waals surface area (Å²) < 4.78 is 7.13. The molecule has 0 unspecified atom stereocenters. The number of fused-ring (bicyclic) bond motifs is 1. The Balaban J connectivity index is 1.68. The number of aromatic nitrogens is 3. The van der Waals surface area contributed by atoms with E-state index in [0.29, 0.717) is 17.1 Å². The number of nitro groups is 1. The van der Waals surface area contributed by atoms with Crippen molar-refractivity contribution in [2.45, 2.75) is 26.5 Å². The minimum Gasteiger partial charge on any atom is -0.490 e. The van der Waals surface area contributed by atoms with Crippen LogP contribution in [0.2, 0.25) is 0 Å². The number of hydrogen-bond acceptors (Lipinski definition) is 5. The van der Waals surface area contributed by atoms with E-state index in [9.17, 15) is 15.2 Å². The van der Waals surface area contributed by atoms with E-state index in [1.165, 1.54) is 4.68 Å². The van der Waals surface area contributed by atoms with E-state index >= 15 is 0 Å². The summed E-state index contributed by atoms with van der Waals surface area (Å²) in [5.41, 5.74) is 1.70. The lowest BCUT2D eigenvalue weighted by Gasteiger charge is -2.13. The first kappa shape index (κ1) is 16.0. The average Bonchev–Trinajstić information content (AvgIpc) is 3.10. The Bertz CT molecular complexity index is 883. The average molecular weight is 330 g/mol. The van der Waals surface area contributed by atoms with Gasteiger partial charge < -0.3 is 14.8 Å². The Hall–Kier alpha value is -2.87. The van der Waals surface area contributed by atoms with E-state index in [0.717, 1.165) is 10.9 Å². The van der Waals surface area contributed by atoms with Gasteiger partial charge in [-0.25, -0.2) is 0 Å². The number of aliphatic hydroxyl groups excluding tert-OH is 1. The van der Waals surface area contributed by atoms with Crippen molar-refractivity contribution in [3.8, 4) is 5.75 Å². The van der Waals surface area contributed by atoms with Crippen molar-refractivity contribution in [1.82, 2.24) is 14.8 Å². The number of nitrogens with one attached hydrogen (secondary N) is 1. The molecule has 0 fully saturated rings. The fourth-order valence-corrected chi connectivity index (χ4v) is 2.75. The first-order valence-electron chi connectivity index (χ1n) is 7.52. The second-order valence-electron chi connectivity index (χ2n) is 5.62. The summed E-state index contributed by atoms with van der Waals surface area (Å²) in [4.78, 5) is 13.7. The second-order valence-corrected chi connectivity index (χ2v) is 5.62. The van der Waals surface area contributed by atoms with E-state index in [2.05, 4.69) is 10.1 Å². The van der Waals surface area contributed by atoms with Crippen LogP contribution in [-0.4, -0.2) is 37.5 Å². The zero-order valence-corrected chi connectivity index (χ0v) is 13.4. The Morgan fingerprint density at radius 2 is 2.21 bits per heavy atom. The fourth-order valence-electron chi connectivity index (χ4n) is 2.75. The molecule has 2 aromatic heterocycles. The second kappa shape index (κ2) is 6.32. The van der Waals surface area contributed by atoms with Crippen LogP contribution in [0.1, 0.15) is 11.4 Å². The minimum atomic E-state index is -0.836. The Morgan fingerprint density at radius 1 is 1.42 bits per heavy atom. The van der Waals surface area contributed by atoms with Gasteiger partial charge in [-0.05, 0) is 32.0 Å². The van der Waals surface area contributed by atoms with Crippen LogP contribution in [0.3, 0.4) is 0 Å². The van der Waals surface area contributed by atoms with Crippen molar-refractivity contribution in [3.05, 3.63) is 52.0 Å². The van der Waals surface area contributed by atoms with E-state index in [4.69, 9.17) is 4.74 Å². The predicted molar refractivity (Wildman–Crippen MR) is 88.2 cm³/mol. The zero-order valence-electron chi connectivity index (χ0n) is 13.4. The van der Waals surface area contributed by atoms with Gasteiger partial charge in [-0.1, -0.05) is 6.07 Å². The van der Waals surface area contributed by atoms with Crippen molar-refractivity contribution < 1.29 is 14.8 Å². The maximum atomic E-state index is 11.0. The number of hydrogen-bond donors (Lipinski definition) is 2. The van der Waals surface area contributed by atoms with E-state index in [-0.39, 0.29) is 18.8 Å². The van der Waals surface area contributed by atoms with Crippen molar-refractivity contribution in [1.29, 1.82) is 0 Å². The highest BCUT2D eigenvalue weighted by atomic mass is 16.6. The lowest BCUT2D eigenvalue weighted by Crippen LogP contribution is -2.24. The summed E-state index contributed by atoms with van der Waals surface area (Å²) in [6, 6.07) is 7.54. The van der Waals surface area contributed by atoms with Gasteiger partial charge in [0.25, 0.3) is 0 Å². The summed E-state index contributed by atoms with van der Waals surface area (Å²) in [7, 11) is 0. The maximum absolute atomic E-state index is 11.0. The van der Waals surface area contributed by atoms with E-state index in [1.807, 2.05) is 30.5 Å². The highest BCUT2D eigenvalue weighted by Gasteiger charge is 2.23. The SMILES string of the molecule is Cc1nn(C[C@@H](O)COc2cccc3[nH]ccc23)c(C)c1[N+](=O)[O-]. The Morgan fingerprint density at radius 3 is 2.92 bits per heavy atom. The smallest absolute Gasteiger partial charge is 0.312 e. The molecule has 1 aromatic carbocycles. The van der Waals surface area contributed by atoms with Crippen molar-refractivity contribution in [2.75, 3.05) is 6.61 Å². The van der Waals surface area contributed by atoms with Gasteiger partial charge in [0.1, 0.15) is 29.8 Å². The Labute approximate surface area is 137 Å². The van der Waals surface area contributed by atoms with E-state index < -0.39 is 11.0 Å². The number of ether oxygens (including phenoxy) is 1. The van der Waals surface area contributed by atoms with E-state index in [1.54, 1.807) is 13.8 Å². The Kier molecular flexibility index (Phi) is 4.22. The lowest BCUT2D eigenvalue weighted by atomic mass is 10.2. The van der Waals surface area contributed by atoms with Crippen molar-refractivity contribution in [2.24, 2.45) is 0 Å². The van der Waals surface area contributed by atoms with Crippen LogP contribution in [-0.2, 0) is 6.54 Å². The molecule has 0 bridgehead atoms. The molecule has 0 amide bonds. The molecule has 2 N–H and O–H groups in total. The van der Waals surface area contributed by atoms with Gasteiger partial charge in [-0.3, -0.25) is 14.8 Å². The molecule has 3 aromatic rings. The molecule has 0 radical (unpaired) electrons. The van der Waals surface area contributed by atoms with Gasteiger partial charge in [0, 0.05) is 17.1 Å². The molecule has 0 saturated heterocycles. The quantitative estimate of drug-likeness (QED) is 0.533. The summed E-state index contributed by atoms with van der Waals surface area (Å²) in [5, 5.41) is 26.3. The van der Waals surface area contributed by atoms with Gasteiger partial charge >= 0.3 is 5.69 Å². The first-order valence-corrected chi connectivity index (χ1v) is 7.52. The predicted octanol–water partition coefficient (Wildman–Crippen LogP) is 2.33. The topological polar surface area (TPSA) is 106 Å². The first-order chi connectivity index (χ1) is 11.5. The molecule has 2 heterocycles. The molecule has 0 spiro atoms. The number of nitrogens with zero attached hydrogens (tertiary/aromatic N) is 3. The van der Waals surface area contributed by atoms with Gasteiger partial charge in [0.15, 0.2) is 0 Å². The number of aryl methyl sites for hydroxylation is 1. The molecule has 8 nitrogen and oxygen atoms in total. The number of H-pyrrole nitrogens is 1. The summed E-state index contributed by atoms with van der Waals surface area (Å²) in [6.45, 7) is 3.39. The summed E-state index contributed by atoms with van der Waals surface area (Å²) >= 11 is 0. The maximum Gasteiger partial charge on any atom is 0.312 e. The zero-order chi connectivity index (χ0) is 17.3. The van der Waals surface area contributed by atoms with Crippen LogP contribution in [0.25, 0.3) is 10.9 Å². The number of benzene rings is 1. The lowest BCUT2D eigenvalue weighted by molar-refractivity contribution is -0.386. The highest BCUT2D eigenvalue weighted by Crippen LogP contribution is 2.25. The molecule has 126 valence electrons. The molecule has 8 heteroatoms. The normalized spacial score (nSPS) is 12.5. The molecule has 0 aliphatic heterocycles. The molecule has 0 saturated carbocycles. The van der Waals surface area contributed by atoms with Gasteiger partial charge in [-0.15, -0.1) is 0 Å². The number of rotatable bonds is 6. The molecule has 0 aliphatic carbocycles. The van der Waals surface area contributed by atoms with Gasteiger partial charge in [0.05, 0.1) is 11.5 Å². The van der Waals surface area contributed by atoms with Crippen molar-refractivity contribution in [3.63, 3.8) is 0 Å². The third-order valence-corrected chi connectivity index (χ3v) is 3.90. The third-order valence-electron chi connectivity index (χ3n) is 3.90. The van der Waals surface area contributed by atoms with Gasteiger partial charge in [-0.2, -0.15) is 5.10 Å². The molecular formula is C16H18N4O4. The summed E-state index contributed by atoms with van der Waals surface area (Å²) in [6.07, 6.45) is 0.986. The molecule has 1 atom stereocenters. The van der Waals surface area contributed by atoms with Crippen LogP contribution in [0.5, 0.6) is 5.75 Å². The highest BCUT2D eigenvalue weighted by molar-refractivity contribution is 5.85. The van der Waals surface area contributed by atoms with Crippen LogP contribution >= 0.6 is 0 Å². The largest absolute Gasteiger partial charge is 0.490 e. The summed E-state index contributed by atoms with van der Waals surface area (Å²) in [5.74, 6) is 0.673. The molecule has 24 heavy (non-hydrogen) atoms. The molecular weight excluding hydrogens is 312 g/mol. The molecule has 3 rings (SSSR count). The van der Waals surface area contributed by atoms with Crippen LogP contribution in [0, 0.1) is 24.0 Å². The van der Waals surface area contributed by atoms with Crippen LogP contribution in [0.15, 0.2) is 30.5 Å². The monoisotopic (exact) mass is 330 g/mol. The fraction of sp³-hybridized carbons (Fsp3) is 0.312. The number of aromatic amines is 1. The third kappa shape index (κ3) is 2.95. The standard InChI is InChI=1S/C16H18N4O4/c1-10-16(20(22)23)11(2)19(18-10)8-12(21)9-24-15-5-3-4-14-13(15)6-7-17-14/h3-7,12,17,21H,8-9H2,1-2H3/t12-/m1/s1. The van der Waals surface area contributed by atoms with Crippen LogP contribution < -0.4 is 4.74 Å². The van der Waals surface area contributed by atoms with Gasteiger partial charge in [0.2, 0.25) is 0 Å². The van der Waals surface area contributed by atoms with Crippen LogP contribution in [0.4, 0.5) is 5.69 Å². The van der Waals surface area contributed by atoms with Crippen molar-refractivity contribution >= 4 is 16.6 Å². The minimum absolute atomic E-state index is 0.0137. The number of aliphatic hydroxyl groups is 1. The molecule has 0 aliphatic rings.